The Kier molecular flexibility index (Phi) is 5.74. The maximum atomic E-state index is 11.2. The predicted molar refractivity (Wildman–Crippen MR) is 88.2 cm³/mol. The zero-order chi connectivity index (χ0) is 16.9. The van der Waals surface area contributed by atoms with Crippen LogP contribution in [0.2, 0.25) is 0 Å². The molecule has 2 aromatic carbocycles. The number of aryl methyl sites for hydroxylation is 1. The van der Waals surface area contributed by atoms with E-state index in [4.69, 9.17) is 9.66 Å². The summed E-state index contributed by atoms with van der Waals surface area (Å²) in [6, 6.07) is 10.3. The first-order valence-corrected chi connectivity index (χ1v) is 9.03. The van der Waals surface area contributed by atoms with Crippen LogP contribution in [0.3, 0.4) is 0 Å². The van der Waals surface area contributed by atoms with Crippen LogP contribution in [-0.4, -0.2) is 24.0 Å². The van der Waals surface area contributed by atoms with E-state index in [1.165, 1.54) is 12.1 Å². The Labute approximate surface area is 135 Å². The first-order valence-electron chi connectivity index (χ1n) is 7.59. The summed E-state index contributed by atoms with van der Waals surface area (Å²) < 4.78 is 31.5. The molecule has 0 aliphatic rings. The molecule has 2 aromatic rings. The van der Waals surface area contributed by atoms with Gasteiger partial charge in [-0.05, 0) is 47.7 Å². The highest BCUT2D eigenvalue weighted by Crippen LogP contribution is 2.24. The maximum absolute atomic E-state index is 11.2. The molecule has 124 valence electrons. The molecule has 0 heterocycles. The molecule has 0 saturated heterocycles. The summed E-state index contributed by atoms with van der Waals surface area (Å²) in [4.78, 5) is 10.3. The highest BCUT2D eigenvalue weighted by atomic mass is 32.2. The molecular formula is C17H20O5S. The quantitative estimate of drug-likeness (QED) is 0.567. The van der Waals surface area contributed by atoms with Gasteiger partial charge >= 0.3 is 5.97 Å². The molecule has 0 atom stereocenters. The summed E-state index contributed by atoms with van der Waals surface area (Å²) in [5.41, 5.74) is 1.13. The first-order chi connectivity index (χ1) is 10.9. The Balaban J connectivity index is 2.03. The molecule has 5 nitrogen and oxygen atoms in total. The van der Waals surface area contributed by atoms with E-state index in [9.17, 15) is 13.2 Å². The third-order valence-corrected chi connectivity index (χ3v) is 4.68. The van der Waals surface area contributed by atoms with Crippen LogP contribution in [0.15, 0.2) is 41.3 Å². The van der Waals surface area contributed by atoms with E-state index in [0.29, 0.717) is 6.42 Å². The number of hydrogen-bond donors (Lipinski definition) is 2. The third kappa shape index (κ3) is 5.04. The number of benzene rings is 2. The van der Waals surface area contributed by atoms with E-state index in [2.05, 4.69) is 0 Å². The fraction of sp³-hybridized carbons (Fsp3) is 0.353. The molecule has 2 N–H and O–H groups in total. The van der Waals surface area contributed by atoms with Crippen molar-refractivity contribution in [3.8, 4) is 0 Å². The van der Waals surface area contributed by atoms with E-state index >= 15 is 0 Å². The van der Waals surface area contributed by atoms with Crippen LogP contribution in [0.25, 0.3) is 10.8 Å². The van der Waals surface area contributed by atoms with Crippen molar-refractivity contribution in [1.82, 2.24) is 0 Å². The lowest BCUT2D eigenvalue weighted by Crippen LogP contribution is -1.98. The van der Waals surface area contributed by atoms with Crippen molar-refractivity contribution in [2.24, 2.45) is 0 Å². The van der Waals surface area contributed by atoms with E-state index < -0.39 is 16.1 Å². The van der Waals surface area contributed by atoms with Crippen molar-refractivity contribution in [3.05, 3.63) is 42.0 Å². The number of carboxylic acid groups (broad SMARTS) is 1. The van der Waals surface area contributed by atoms with Gasteiger partial charge in [-0.1, -0.05) is 37.1 Å². The number of hydrogen-bond acceptors (Lipinski definition) is 3. The third-order valence-electron chi connectivity index (χ3n) is 3.83. The van der Waals surface area contributed by atoms with Crippen LogP contribution in [0.5, 0.6) is 0 Å². The van der Waals surface area contributed by atoms with Gasteiger partial charge < -0.3 is 5.11 Å². The molecule has 2 rings (SSSR count). The average molecular weight is 336 g/mol. The molecule has 0 radical (unpaired) electrons. The van der Waals surface area contributed by atoms with Crippen molar-refractivity contribution >= 4 is 26.9 Å². The highest BCUT2D eigenvalue weighted by molar-refractivity contribution is 7.85. The number of carboxylic acids is 1. The van der Waals surface area contributed by atoms with Gasteiger partial charge in [0.05, 0.1) is 4.90 Å². The van der Waals surface area contributed by atoms with E-state index in [0.717, 1.165) is 42.0 Å². The van der Waals surface area contributed by atoms with Crippen molar-refractivity contribution < 1.29 is 22.9 Å². The molecular weight excluding hydrogens is 316 g/mol. The number of rotatable bonds is 8. The lowest BCUT2D eigenvalue weighted by atomic mass is 9.99. The molecule has 0 aliphatic heterocycles. The maximum Gasteiger partial charge on any atom is 0.303 e. The van der Waals surface area contributed by atoms with Gasteiger partial charge in [0.2, 0.25) is 0 Å². The SMILES string of the molecule is O=C(O)CCCCCCc1cccc2cc(S(=O)(=O)O)ccc12. The highest BCUT2D eigenvalue weighted by Gasteiger charge is 2.10. The molecule has 0 aliphatic carbocycles. The minimum atomic E-state index is -4.19. The fourth-order valence-electron chi connectivity index (χ4n) is 2.65. The smallest absolute Gasteiger partial charge is 0.303 e. The van der Waals surface area contributed by atoms with Crippen LogP contribution in [-0.2, 0) is 21.3 Å². The minimum absolute atomic E-state index is 0.101. The molecule has 0 fully saturated rings. The fourth-order valence-corrected chi connectivity index (χ4v) is 3.17. The Bertz CT molecular complexity index is 796. The second-order valence-electron chi connectivity index (χ2n) is 5.58. The monoisotopic (exact) mass is 336 g/mol. The summed E-state index contributed by atoms with van der Waals surface area (Å²) in [6.07, 6.45) is 4.58. The van der Waals surface area contributed by atoms with Crippen LogP contribution >= 0.6 is 0 Å². The predicted octanol–water partition coefficient (Wildman–Crippen LogP) is 3.66. The molecule has 0 bridgehead atoms. The normalized spacial score (nSPS) is 11.7. The van der Waals surface area contributed by atoms with E-state index in [-0.39, 0.29) is 11.3 Å². The zero-order valence-electron chi connectivity index (χ0n) is 12.7. The van der Waals surface area contributed by atoms with Gasteiger partial charge in [0, 0.05) is 6.42 Å². The van der Waals surface area contributed by atoms with Gasteiger partial charge in [-0.25, -0.2) is 0 Å². The molecule has 0 saturated carbocycles. The number of carbonyl (C=O) groups is 1. The van der Waals surface area contributed by atoms with Gasteiger partial charge in [0.25, 0.3) is 10.1 Å². The van der Waals surface area contributed by atoms with Gasteiger partial charge in [-0.3, -0.25) is 9.35 Å². The molecule has 0 aromatic heterocycles. The molecule has 0 spiro atoms. The number of aliphatic carboxylic acids is 1. The largest absolute Gasteiger partial charge is 0.481 e. The zero-order valence-corrected chi connectivity index (χ0v) is 13.6. The number of unbranched alkanes of at least 4 members (excludes halogenated alkanes) is 3. The second kappa shape index (κ2) is 7.57. The Hall–Kier alpha value is -1.92. The van der Waals surface area contributed by atoms with Crippen molar-refractivity contribution in [3.63, 3.8) is 0 Å². The van der Waals surface area contributed by atoms with Gasteiger partial charge in [-0.15, -0.1) is 0 Å². The molecule has 6 heteroatoms. The lowest BCUT2D eigenvalue weighted by molar-refractivity contribution is -0.137. The van der Waals surface area contributed by atoms with E-state index in [1.54, 1.807) is 6.07 Å². The van der Waals surface area contributed by atoms with Gasteiger partial charge in [0.15, 0.2) is 0 Å². The average Bonchev–Trinajstić information content (AvgIpc) is 2.49. The van der Waals surface area contributed by atoms with Gasteiger partial charge in [0.1, 0.15) is 0 Å². The Morgan fingerprint density at radius 3 is 2.43 bits per heavy atom. The van der Waals surface area contributed by atoms with Crippen molar-refractivity contribution in [2.75, 3.05) is 0 Å². The summed E-state index contributed by atoms with van der Waals surface area (Å²) in [5, 5.41) is 10.3. The van der Waals surface area contributed by atoms with Crippen LogP contribution in [0, 0.1) is 0 Å². The Morgan fingerprint density at radius 2 is 1.74 bits per heavy atom. The van der Waals surface area contributed by atoms with Gasteiger partial charge in [-0.2, -0.15) is 8.42 Å². The lowest BCUT2D eigenvalue weighted by Gasteiger charge is -2.08. The molecule has 0 unspecified atom stereocenters. The second-order valence-corrected chi connectivity index (χ2v) is 7.00. The Morgan fingerprint density at radius 1 is 1.00 bits per heavy atom. The topological polar surface area (TPSA) is 91.7 Å². The summed E-state index contributed by atoms with van der Waals surface area (Å²) in [5.74, 6) is -0.756. The minimum Gasteiger partial charge on any atom is -0.481 e. The summed E-state index contributed by atoms with van der Waals surface area (Å²) in [6.45, 7) is 0. The van der Waals surface area contributed by atoms with Crippen molar-refractivity contribution in [2.45, 2.75) is 43.4 Å². The standard InChI is InChI=1S/C17H20O5S/c18-17(19)9-4-2-1-3-6-13-7-5-8-14-12-15(23(20,21)22)10-11-16(13)14/h5,7-8,10-12H,1-4,6,9H2,(H,18,19)(H,20,21,22). The van der Waals surface area contributed by atoms with Crippen LogP contribution in [0.1, 0.15) is 37.7 Å². The molecule has 23 heavy (non-hydrogen) atoms. The number of fused-ring (bicyclic) bond motifs is 1. The first kappa shape index (κ1) is 17.4. The summed E-state index contributed by atoms with van der Waals surface area (Å²) >= 11 is 0. The molecule has 0 amide bonds. The van der Waals surface area contributed by atoms with E-state index in [1.807, 2.05) is 18.2 Å². The van der Waals surface area contributed by atoms with Crippen LogP contribution in [0.4, 0.5) is 0 Å². The van der Waals surface area contributed by atoms with Crippen molar-refractivity contribution in [1.29, 1.82) is 0 Å². The summed E-state index contributed by atoms with van der Waals surface area (Å²) in [7, 11) is -4.19. The van der Waals surface area contributed by atoms with Crippen LogP contribution < -0.4 is 0 Å².